The fraction of sp³-hybridized carbons (Fsp3) is 0.143. The minimum atomic E-state index is -0.467. The van der Waals surface area contributed by atoms with Crippen molar-refractivity contribution in [3.63, 3.8) is 0 Å². The van der Waals surface area contributed by atoms with Crippen molar-refractivity contribution in [3.05, 3.63) is 64.0 Å². The number of benzene rings is 2. The standard InChI is InChI=1S/C14H13FN2O2S/c1-9(16)12-3-2-4-13(15)14(12)20-11-7-5-10(6-8-11)17(18)19/h2-9H,16H2,1H3/t9-/m1/s1. The Morgan fingerprint density at radius 1 is 1.25 bits per heavy atom. The maximum atomic E-state index is 13.9. The van der Waals surface area contributed by atoms with Crippen molar-refractivity contribution in [2.75, 3.05) is 0 Å². The Morgan fingerprint density at radius 3 is 2.45 bits per heavy atom. The number of hydrogen-bond donors (Lipinski definition) is 1. The van der Waals surface area contributed by atoms with Crippen LogP contribution in [0.5, 0.6) is 0 Å². The van der Waals surface area contributed by atoms with Crippen molar-refractivity contribution < 1.29 is 9.31 Å². The highest BCUT2D eigenvalue weighted by Gasteiger charge is 2.13. The summed E-state index contributed by atoms with van der Waals surface area (Å²) in [4.78, 5) is 11.3. The van der Waals surface area contributed by atoms with Crippen LogP contribution in [0.15, 0.2) is 52.3 Å². The Morgan fingerprint density at radius 2 is 1.90 bits per heavy atom. The minimum Gasteiger partial charge on any atom is -0.324 e. The number of nitrogens with two attached hydrogens (primary N) is 1. The normalized spacial score (nSPS) is 12.2. The second-order valence-electron chi connectivity index (χ2n) is 4.30. The summed E-state index contributed by atoms with van der Waals surface area (Å²) in [5, 5.41) is 10.6. The molecule has 2 N–H and O–H groups in total. The van der Waals surface area contributed by atoms with Crippen LogP contribution >= 0.6 is 11.8 Å². The molecule has 6 heteroatoms. The molecule has 0 radical (unpaired) electrons. The highest BCUT2D eigenvalue weighted by molar-refractivity contribution is 7.99. The number of nitro groups is 1. The van der Waals surface area contributed by atoms with Crippen LogP contribution in [0.4, 0.5) is 10.1 Å². The molecule has 2 rings (SSSR count). The third kappa shape index (κ3) is 3.15. The van der Waals surface area contributed by atoms with Gasteiger partial charge in [0.05, 0.1) is 9.82 Å². The zero-order chi connectivity index (χ0) is 14.7. The van der Waals surface area contributed by atoms with Gasteiger partial charge in [0.2, 0.25) is 0 Å². The van der Waals surface area contributed by atoms with Crippen LogP contribution in [0.25, 0.3) is 0 Å². The quantitative estimate of drug-likeness (QED) is 0.685. The predicted octanol–water partition coefficient (Wildman–Crippen LogP) is 3.90. The molecule has 0 aliphatic carbocycles. The van der Waals surface area contributed by atoms with Crippen molar-refractivity contribution in [2.45, 2.75) is 22.8 Å². The second kappa shape index (κ2) is 6.02. The Balaban J connectivity index is 2.32. The molecule has 0 unspecified atom stereocenters. The maximum absolute atomic E-state index is 13.9. The van der Waals surface area contributed by atoms with E-state index in [2.05, 4.69) is 0 Å². The summed E-state index contributed by atoms with van der Waals surface area (Å²) in [5.41, 5.74) is 6.56. The van der Waals surface area contributed by atoms with Crippen molar-refractivity contribution in [3.8, 4) is 0 Å². The van der Waals surface area contributed by atoms with E-state index in [-0.39, 0.29) is 17.5 Å². The van der Waals surface area contributed by atoms with Crippen LogP contribution in [0, 0.1) is 15.9 Å². The van der Waals surface area contributed by atoms with Crippen LogP contribution in [0.1, 0.15) is 18.5 Å². The van der Waals surface area contributed by atoms with Gasteiger partial charge >= 0.3 is 0 Å². The molecule has 2 aromatic carbocycles. The molecule has 0 saturated carbocycles. The number of nitro benzene ring substituents is 1. The summed E-state index contributed by atoms with van der Waals surface area (Å²) in [6.45, 7) is 1.79. The zero-order valence-electron chi connectivity index (χ0n) is 10.7. The van der Waals surface area contributed by atoms with E-state index in [1.807, 2.05) is 0 Å². The molecule has 2 aromatic rings. The first-order chi connectivity index (χ1) is 9.49. The topological polar surface area (TPSA) is 69.2 Å². The van der Waals surface area contributed by atoms with Crippen molar-refractivity contribution in [2.24, 2.45) is 5.73 Å². The first kappa shape index (κ1) is 14.5. The first-order valence-corrected chi connectivity index (χ1v) is 6.77. The van der Waals surface area contributed by atoms with E-state index in [1.165, 1.54) is 30.0 Å². The number of hydrogen-bond acceptors (Lipinski definition) is 4. The molecule has 0 aliphatic heterocycles. The smallest absolute Gasteiger partial charge is 0.269 e. The monoisotopic (exact) mass is 292 g/mol. The van der Waals surface area contributed by atoms with Crippen molar-refractivity contribution in [1.82, 2.24) is 0 Å². The van der Waals surface area contributed by atoms with E-state index < -0.39 is 4.92 Å². The molecule has 4 nitrogen and oxygen atoms in total. The average Bonchev–Trinajstić information content (AvgIpc) is 2.41. The molecule has 0 amide bonds. The van der Waals surface area contributed by atoms with Gasteiger partial charge in [-0.05, 0) is 30.7 Å². The molecular formula is C14H13FN2O2S. The number of halogens is 1. The molecule has 0 aliphatic rings. The Hall–Kier alpha value is -1.92. The summed E-state index contributed by atoms with van der Waals surface area (Å²) in [6.07, 6.45) is 0. The molecule has 104 valence electrons. The summed E-state index contributed by atoms with van der Waals surface area (Å²) >= 11 is 1.21. The van der Waals surface area contributed by atoms with Gasteiger partial charge in [-0.2, -0.15) is 0 Å². The summed E-state index contributed by atoms with van der Waals surface area (Å²) in [5.74, 6) is -0.344. The third-order valence-electron chi connectivity index (χ3n) is 2.76. The SMILES string of the molecule is C[C@@H](N)c1cccc(F)c1Sc1ccc([N+](=O)[O-])cc1. The Labute approximate surface area is 119 Å². The molecular weight excluding hydrogens is 279 g/mol. The molecule has 0 spiro atoms. The lowest BCUT2D eigenvalue weighted by atomic mass is 10.1. The van der Waals surface area contributed by atoms with Crippen LogP contribution in [-0.4, -0.2) is 4.92 Å². The lowest BCUT2D eigenvalue weighted by Crippen LogP contribution is -2.07. The van der Waals surface area contributed by atoms with Gasteiger partial charge in [-0.25, -0.2) is 4.39 Å². The lowest BCUT2D eigenvalue weighted by molar-refractivity contribution is -0.384. The van der Waals surface area contributed by atoms with Gasteiger partial charge < -0.3 is 5.73 Å². The summed E-state index contributed by atoms with van der Waals surface area (Å²) < 4.78 is 13.9. The van der Waals surface area contributed by atoms with Crippen LogP contribution in [0.2, 0.25) is 0 Å². The van der Waals surface area contributed by atoms with Crippen LogP contribution < -0.4 is 5.73 Å². The van der Waals surface area contributed by atoms with Gasteiger partial charge in [0.15, 0.2) is 0 Å². The van der Waals surface area contributed by atoms with Gasteiger partial charge in [-0.15, -0.1) is 0 Å². The van der Waals surface area contributed by atoms with E-state index in [9.17, 15) is 14.5 Å². The van der Waals surface area contributed by atoms with Gasteiger partial charge in [0.25, 0.3) is 5.69 Å². The fourth-order valence-corrected chi connectivity index (χ4v) is 2.79. The van der Waals surface area contributed by atoms with E-state index in [0.29, 0.717) is 10.5 Å². The zero-order valence-corrected chi connectivity index (χ0v) is 11.6. The summed E-state index contributed by atoms with van der Waals surface area (Å²) in [7, 11) is 0. The van der Waals surface area contributed by atoms with Crippen molar-refractivity contribution in [1.29, 1.82) is 0 Å². The minimum absolute atomic E-state index is 0.00954. The van der Waals surface area contributed by atoms with Gasteiger partial charge in [0, 0.05) is 23.1 Å². The molecule has 20 heavy (non-hydrogen) atoms. The highest BCUT2D eigenvalue weighted by atomic mass is 32.2. The Bertz CT molecular complexity index is 630. The molecule has 0 saturated heterocycles. The number of rotatable bonds is 4. The van der Waals surface area contributed by atoms with E-state index in [0.717, 1.165) is 4.90 Å². The third-order valence-corrected chi connectivity index (χ3v) is 3.90. The average molecular weight is 292 g/mol. The molecule has 0 bridgehead atoms. The van der Waals surface area contributed by atoms with Crippen LogP contribution in [0.3, 0.4) is 0 Å². The van der Waals surface area contributed by atoms with E-state index >= 15 is 0 Å². The molecule has 0 heterocycles. The number of nitrogens with zero attached hydrogens (tertiary/aromatic N) is 1. The van der Waals surface area contributed by atoms with E-state index in [1.54, 1.807) is 31.2 Å². The summed E-state index contributed by atoms with van der Waals surface area (Å²) in [6, 6.07) is 10.5. The largest absolute Gasteiger partial charge is 0.324 e. The van der Waals surface area contributed by atoms with Gasteiger partial charge in [-0.1, -0.05) is 23.9 Å². The van der Waals surface area contributed by atoms with Crippen LogP contribution in [-0.2, 0) is 0 Å². The predicted molar refractivity (Wildman–Crippen MR) is 76.2 cm³/mol. The first-order valence-electron chi connectivity index (χ1n) is 5.95. The molecule has 1 atom stereocenters. The van der Waals surface area contributed by atoms with Gasteiger partial charge in [-0.3, -0.25) is 10.1 Å². The molecule has 0 fully saturated rings. The molecule has 0 aromatic heterocycles. The maximum Gasteiger partial charge on any atom is 0.269 e. The number of non-ortho nitro benzene ring substituents is 1. The highest BCUT2D eigenvalue weighted by Crippen LogP contribution is 2.35. The second-order valence-corrected chi connectivity index (χ2v) is 5.38. The van der Waals surface area contributed by atoms with E-state index in [4.69, 9.17) is 5.73 Å². The van der Waals surface area contributed by atoms with Crippen molar-refractivity contribution >= 4 is 17.4 Å². The Kier molecular flexibility index (Phi) is 4.36. The fourth-order valence-electron chi connectivity index (χ4n) is 1.75. The lowest BCUT2D eigenvalue weighted by Gasteiger charge is -2.13. The van der Waals surface area contributed by atoms with Gasteiger partial charge in [0.1, 0.15) is 5.82 Å².